The van der Waals surface area contributed by atoms with Crippen LogP contribution in [0, 0.1) is 5.92 Å². The van der Waals surface area contributed by atoms with Crippen molar-refractivity contribution in [2.75, 3.05) is 26.2 Å². The summed E-state index contributed by atoms with van der Waals surface area (Å²) in [4.78, 5) is 26.6. The van der Waals surface area contributed by atoms with E-state index in [9.17, 15) is 24.9 Å². The Balaban J connectivity index is 1.14. The highest BCUT2D eigenvalue weighted by atomic mass is 16.6. The Morgan fingerprint density at radius 3 is 1.64 bits per heavy atom. The largest absolute Gasteiger partial charge is 0.393 e. The van der Waals surface area contributed by atoms with Crippen LogP contribution in [0.5, 0.6) is 0 Å². The summed E-state index contributed by atoms with van der Waals surface area (Å²) in [6.07, 6.45) is 23.6. The Morgan fingerprint density at radius 2 is 1.10 bits per heavy atom. The van der Waals surface area contributed by atoms with Crippen LogP contribution in [-0.4, -0.2) is 101 Å². The van der Waals surface area contributed by atoms with Crippen LogP contribution in [0.2, 0.25) is 0 Å². The third-order valence-corrected chi connectivity index (χ3v) is 11.5. The number of carbonyl (C=O) groups excluding carboxylic acids is 2. The fourth-order valence-electron chi connectivity index (χ4n) is 8.34. The predicted molar refractivity (Wildman–Crippen MR) is 200 cm³/mol. The van der Waals surface area contributed by atoms with E-state index in [1.54, 1.807) is 6.92 Å². The molecule has 9 heteroatoms. The van der Waals surface area contributed by atoms with Gasteiger partial charge in [-0.1, -0.05) is 96.8 Å². The van der Waals surface area contributed by atoms with Gasteiger partial charge in [0.15, 0.2) is 0 Å². The van der Waals surface area contributed by atoms with Crippen molar-refractivity contribution in [1.29, 1.82) is 0 Å². The highest BCUT2D eigenvalue weighted by Gasteiger charge is 2.40. The highest BCUT2D eigenvalue weighted by Crippen LogP contribution is 2.34. The van der Waals surface area contributed by atoms with Crippen molar-refractivity contribution < 1.29 is 34.4 Å². The zero-order valence-electron chi connectivity index (χ0n) is 32.0. The number of hydrogen-bond donors (Lipinski definition) is 4. The number of carbonyl (C=O) groups is 2. The summed E-state index contributed by atoms with van der Waals surface area (Å²) < 4.78 is 12.6. The van der Waals surface area contributed by atoms with Crippen LogP contribution in [0.1, 0.15) is 174 Å². The van der Waals surface area contributed by atoms with Gasteiger partial charge in [-0.3, -0.25) is 4.79 Å². The quantitative estimate of drug-likeness (QED) is 0.0640. The molecular weight excluding hydrogens is 632 g/mol. The summed E-state index contributed by atoms with van der Waals surface area (Å²) >= 11 is 0. The maximum absolute atomic E-state index is 12.9. The Hall–Kier alpha value is -1.10. The molecule has 0 radical (unpaired) electrons. The van der Waals surface area contributed by atoms with Crippen molar-refractivity contribution in [2.45, 2.75) is 217 Å². The lowest BCUT2D eigenvalue weighted by molar-refractivity contribution is -0.138. The lowest BCUT2D eigenvalue weighted by Gasteiger charge is -2.30. The number of hydrogen-bond acceptors (Lipinski definition) is 8. The van der Waals surface area contributed by atoms with Gasteiger partial charge in [0.2, 0.25) is 5.91 Å². The Bertz CT molecular complexity index is 900. The molecule has 292 valence electrons. The van der Waals surface area contributed by atoms with Gasteiger partial charge in [-0.2, -0.15) is 0 Å². The highest BCUT2D eigenvalue weighted by molar-refractivity contribution is 5.85. The second-order valence-electron chi connectivity index (χ2n) is 15.9. The summed E-state index contributed by atoms with van der Waals surface area (Å²) in [6, 6.07) is 0. The summed E-state index contributed by atoms with van der Waals surface area (Å²) in [5, 5.41) is 35.1. The number of rotatable bonds is 28. The van der Waals surface area contributed by atoms with Crippen molar-refractivity contribution in [3.63, 3.8) is 0 Å². The lowest BCUT2D eigenvalue weighted by atomic mass is 9.93. The van der Waals surface area contributed by atoms with Crippen LogP contribution >= 0.6 is 0 Å². The minimum absolute atomic E-state index is 0.00579. The van der Waals surface area contributed by atoms with Gasteiger partial charge in [-0.05, 0) is 71.1 Å². The number of ether oxygens (including phenoxy) is 2. The average molecular weight is 709 g/mol. The molecule has 0 aromatic heterocycles. The number of ketones is 1. The van der Waals surface area contributed by atoms with Crippen molar-refractivity contribution in [3.8, 4) is 0 Å². The van der Waals surface area contributed by atoms with Gasteiger partial charge < -0.3 is 39.8 Å². The first kappa shape index (κ1) is 43.3. The summed E-state index contributed by atoms with van der Waals surface area (Å²) in [5.74, 6) is 0.139. The van der Waals surface area contributed by atoms with E-state index in [0.717, 1.165) is 116 Å². The SMILES string of the molecule is CCCCCC[C@H](O)CCC[C@H](O)[C@H]1CC[C@H]([C@H]2CC[C@H]([C@H](O)CCCCCCCCCCCCC(CC(C)=O)C(=O)N3CCNCC3)O2)O1. The van der Waals surface area contributed by atoms with Crippen molar-refractivity contribution in [1.82, 2.24) is 10.2 Å². The monoisotopic (exact) mass is 709 g/mol. The molecule has 4 N–H and O–H groups in total. The van der Waals surface area contributed by atoms with E-state index in [4.69, 9.17) is 9.47 Å². The van der Waals surface area contributed by atoms with Gasteiger partial charge in [-0.15, -0.1) is 0 Å². The first-order valence-corrected chi connectivity index (χ1v) is 21.1. The number of piperazine rings is 1. The molecule has 0 spiro atoms. The standard InChI is InChI=1S/C41H76N2O7/c1-3-4-5-15-19-34(45)20-17-22-36(47)38-24-26-40(50-38)39-25-23-37(49-39)35(46)21-16-13-11-9-7-6-8-10-12-14-18-33(31-32(2)44)41(48)43-29-27-42-28-30-43/h33-40,42,45-47H,3-31H2,1-2H3/t33?,34-,35+,36-,37+,38+,39+,40+/m0/s1. The molecule has 3 fully saturated rings. The van der Waals surface area contributed by atoms with Crippen LogP contribution in [0.4, 0.5) is 0 Å². The van der Waals surface area contributed by atoms with Gasteiger partial charge in [0.1, 0.15) is 5.78 Å². The van der Waals surface area contributed by atoms with Gasteiger partial charge >= 0.3 is 0 Å². The van der Waals surface area contributed by atoms with Gasteiger partial charge in [-0.25, -0.2) is 0 Å². The molecule has 0 aromatic rings. The molecule has 0 aromatic carbocycles. The molecule has 3 rings (SSSR count). The Labute approximate surface area is 305 Å². The number of amides is 1. The molecule has 3 aliphatic heterocycles. The van der Waals surface area contributed by atoms with Crippen LogP contribution < -0.4 is 5.32 Å². The second kappa shape index (κ2) is 25.8. The van der Waals surface area contributed by atoms with E-state index in [1.165, 1.54) is 57.8 Å². The van der Waals surface area contributed by atoms with E-state index in [2.05, 4.69) is 12.2 Å². The summed E-state index contributed by atoms with van der Waals surface area (Å²) in [6.45, 7) is 6.98. The molecule has 50 heavy (non-hydrogen) atoms. The molecule has 1 amide bonds. The minimum atomic E-state index is -0.488. The molecule has 3 heterocycles. The third-order valence-electron chi connectivity index (χ3n) is 11.5. The molecule has 9 nitrogen and oxygen atoms in total. The first-order chi connectivity index (χ1) is 24.3. The average Bonchev–Trinajstić information content (AvgIpc) is 3.81. The second-order valence-corrected chi connectivity index (χ2v) is 15.9. The van der Waals surface area contributed by atoms with Crippen LogP contribution in [0.25, 0.3) is 0 Å². The summed E-state index contributed by atoms with van der Waals surface area (Å²) in [7, 11) is 0. The number of aliphatic hydroxyl groups is 3. The molecule has 0 saturated carbocycles. The molecular formula is C41H76N2O7. The molecule has 3 aliphatic rings. The fourth-order valence-corrected chi connectivity index (χ4v) is 8.34. The zero-order valence-corrected chi connectivity index (χ0v) is 32.0. The number of nitrogens with one attached hydrogen (secondary N) is 1. The smallest absolute Gasteiger partial charge is 0.226 e. The van der Waals surface area contributed by atoms with Crippen molar-refractivity contribution in [3.05, 3.63) is 0 Å². The molecule has 8 atom stereocenters. The number of nitrogens with zero attached hydrogens (tertiary/aromatic N) is 1. The topological polar surface area (TPSA) is 129 Å². The molecule has 0 bridgehead atoms. The minimum Gasteiger partial charge on any atom is -0.393 e. The normalized spacial score (nSPS) is 25.1. The van der Waals surface area contributed by atoms with E-state index < -0.39 is 12.2 Å². The van der Waals surface area contributed by atoms with E-state index in [-0.39, 0.29) is 48.1 Å². The van der Waals surface area contributed by atoms with E-state index >= 15 is 0 Å². The third kappa shape index (κ3) is 17.2. The van der Waals surface area contributed by atoms with Crippen molar-refractivity contribution in [2.24, 2.45) is 5.92 Å². The van der Waals surface area contributed by atoms with Crippen LogP contribution in [-0.2, 0) is 19.1 Å². The first-order valence-electron chi connectivity index (χ1n) is 21.1. The molecule has 3 saturated heterocycles. The maximum atomic E-state index is 12.9. The maximum Gasteiger partial charge on any atom is 0.226 e. The fraction of sp³-hybridized carbons (Fsp3) is 0.951. The van der Waals surface area contributed by atoms with Gasteiger partial charge in [0, 0.05) is 38.5 Å². The number of aliphatic hydroxyl groups excluding tert-OH is 3. The van der Waals surface area contributed by atoms with Gasteiger partial charge in [0.25, 0.3) is 0 Å². The Morgan fingerprint density at radius 1 is 0.640 bits per heavy atom. The number of unbranched alkanes of at least 4 members (excludes halogenated alkanes) is 12. The molecule has 1 unspecified atom stereocenters. The lowest BCUT2D eigenvalue weighted by Crippen LogP contribution is -2.48. The predicted octanol–water partition coefficient (Wildman–Crippen LogP) is 7.01. The zero-order chi connectivity index (χ0) is 36.0. The van der Waals surface area contributed by atoms with E-state index in [0.29, 0.717) is 12.8 Å². The molecule has 0 aliphatic carbocycles. The summed E-state index contributed by atoms with van der Waals surface area (Å²) in [5.41, 5.74) is 0. The van der Waals surface area contributed by atoms with E-state index in [1.807, 2.05) is 4.90 Å². The van der Waals surface area contributed by atoms with Gasteiger partial charge in [0.05, 0.1) is 42.7 Å². The number of Topliss-reactive ketones (excluding diaryl/α,β-unsaturated/α-hetero) is 1. The van der Waals surface area contributed by atoms with Crippen molar-refractivity contribution >= 4 is 11.7 Å². The Kier molecular flexibility index (Phi) is 22.3. The van der Waals surface area contributed by atoms with Crippen LogP contribution in [0.3, 0.4) is 0 Å². The van der Waals surface area contributed by atoms with Crippen LogP contribution in [0.15, 0.2) is 0 Å².